The zero-order chi connectivity index (χ0) is 29.8. The van der Waals surface area contributed by atoms with E-state index in [1.54, 1.807) is 33.9 Å². The van der Waals surface area contributed by atoms with Crippen molar-refractivity contribution in [2.45, 2.75) is 25.9 Å². The van der Waals surface area contributed by atoms with Crippen molar-refractivity contribution in [3.8, 4) is 5.69 Å². The zero-order valence-electron chi connectivity index (χ0n) is 23.1. The van der Waals surface area contributed by atoms with Crippen LogP contribution in [0.15, 0.2) is 102 Å². The Hall–Kier alpha value is -4.66. The molecule has 0 radical (unpaired) electrons. The van der Waals surface area contributed by atoms with Gasteiger partial charge in [0.15, 0.2) is 0 Å². The highest BCUT2D eigenvalue weighted by Gasteiger charge is 2.27. The second-order valence-corrected chi connectivity index (χ2v) is 11.1. The molecule has 216 valence electrons. The van der Waals surface area contributed by atoms with Crippen LogP contribution in [0.3, 0.4) is 0 Å². The summed E-state index contributed by atoms with van der Waals surface area (Å²) >= 11 is 12.3. The van der Waals surface area contributed by atoms with Crippen molar-refractivity contribution < 1.29 is 4.79 Å². The highest BCUT2D eigenvalue weighted by Crippen LogP contribution is 2.27. The van der Waals surface area contributed by atoms with Gasteiger partial charge in [-0.1, -0.05) is 71.7 Å². The van der Waals surface area contributed by atoms with Crippen LogP contribution in [0.2, 0.25) is 10.0 Å². The Morgan fingerprint density at radius 2 is 1.72 bits per heavy atom. The van der Waals surface area contributed by atoms with E-state index in [2.05, 4.69) is 33.8 Å². The molecule has 43 heavy (non-hydrogen) atoms. The van der Waals surface area contributed by atoms with Crippen molar-refractivity contribution in [1.29, 1.82) is 0 Å². The van der Waals surface area contributed by atoms with Crippen molar-refractivity contribution in [3.05, 3.63) is 146 Å². The quantitative estimate of drug-likeness (QED) is 0.213. The van der Waals surface area contributed by atoms with E-state index in [4.69, 9.17) is 28.2 Å². The molecule has 1 aliphatic rings. The molecule has 2 N–H and O–H groups in total. The molecule has 10 heteroatoms. The van der Waals surface area contributed by atoms with Gasteiger partial charge in [-0.25, -0.2) is 14.3 Å². The lowest BCUT2D eigenvalue weighted by atomic mass is 10.0. The first-order valence-electron chi connectivity index (χ1n) is 13.9. The molecule has 0 bridgehead atoms. The molecule has 0 aliphatic carbocycles. The first kappa shape index (κ1) is 28.5. The number of hydrogen-bond donors (Lipinski definition) is 2. The minimum Gasteiger partial charge on any atom is -0.351 e. The van der Waals surface area contributed by atoms with Crippen LogP contribution >= 0.6 is 23.2 Å². The molecule has 1 aliphatic heterocycles. The molecule has 6 rings (SSSR count). The van der Waals surface area contributed by atoms with E-state index in [1.807, 2.05) is 54.7 Å². The average molecular weight is 612 g/mol. The zero-order valence-corrected chi connectivity index (χ0v) is 24.6. The van der Waals surface area contributed by atoms with E-state index in [1.165, 1.54) is 0 Å². The van der Waals surface area contributed by atoms with E-state index < -0.39 is 0 Å². The Kier molecular flexibility index (Phi) is 8.40. The van der Waals surface area contributed by atoms with Gasteiger partial charge in [-0.05, 0) is 59.5 Å². The van der Waals surface area contributed by atoms with Crippen LogP contribution in [-0.4, -0.2) is 32.0 Å². The molecule has 2 aromatic heterocycles. The lowest BCUT2D eigenvalue weighted by molar-refractivity contribution is 0.205. The van der Waals surface area contributed by atoms with Gasteiger partial charge >= 0.3 is 6.03 Å². The summed E-state index contributed by atoms with van der Waals surface area (Å²) in [4.78, 5) is 38.0. The Morgan fingerprint density at radius 3 is 2.49 bits per heavy atom. The molecule has 0 atom stereocenters. The number of carbonyl (C=O) groups is 1. The third-order valence-electron chi connectivity index (χ3n) is 7.38. The van der Waals surface area contributed by atoms with Crippen LogP contribution in [0.5, 0.6) is 0 Å². The number of rotatable bonds is 7. The van der Waals surface area contributed by atoms with E-state index in [-0.39, 0.29) is 18.1 Å². The summed E-state index contributed by atoms with van der Waals surface area (Å²) in [5.74, 6) is 0.456. The number of benzene rings is 3. The number of fused-ring (bicyclic) bond motifs is 1. The van der Waals surface area contributed by atoms with E-state index >= 15 is 0 Å². The molecule has 2 amide bonds. The Bertz CT molecular complexity index is 1830. The number of anilines is 2. The monoisotopic (exact) mass is 610 g/mol. The van der Waals surface area contributed by atoms with Gasteiger partial charge in [0.05, 0.1) is 34.2 Å². The summed E-state index contributed by atoms with van der Waals surface area (Å²) in [6, 6.07) is 26.1. The minimum absolute atomic E-state index is 0.124. The van der Waals surface area contributed by atoms with Gasteiger partial charge in [0.1, 0.15) is 0 Å². The van der Waals surface area contributed by atoms with Crippen LogP contribution in [-0.2, 0) is 25.9 Å². The van der Waals surface area contributed by atoms with Crippen molar-refractivity contribution in [2.75, 3.05) is 17.2 Å². The predicted molar refractivity (Wildman–Crippen MR) is 170 cm³/mol. The Labute approximate surface area is 259 Å². The van der Waals surface area contributed by atoms with Crippen LogP contribution in [0.1, 0.15) is 27.9 Å². The van der Waals surface area contributed by atoms with Crippen molar-refractivity contribution >= 4 is 40.9 Å². The molecular weight excluding hydrogens is 583 g/mol. The minimum atomic E-state index is -0.354. The van der Waals surface area contributed by atoms with E-state index in [0.29, 0.717) is 58.1 Å². The average Bonchev–Trinajstić information content (AvgIpc) is 3.03. The number of nitrogens with zero attached hydrogens (tertiary/aromatic N) is 4. The molecular formula is C33H28Cl2N6O2. The van der Waals surface area contributed by atoms with Gasteiger partial charge in [0, 0.05) is 36.9 Å². The highest BCUT2D eigenvalue weighted by molar-refractivity contribution is 6.36. The molecule has 0 saturated carbocycles. The molecule has 5 aromatic rings. The number of nitrogens with one attached hydrogen (secondary N) is 2. The smallest absolute Gasteiger partial charge is 0.322 e. The van der Waals surface area contributed by atoms with Gasteiger partial charge in [-0.3, -0.25) is 9.78 Å². The third-order valence-corrected chi connectivity index (χ3v) is 7.92. The topological polar surface area (TPSA) is 92.2 Å². The third kappa shape index (κ3) is 6.40. The number of pyridine rings is 1. The number of urea groups is 1. The maximum atomic E-state index is 14.1. The maximum absolute atomic E-state index is 14.1. The molecule has 0 fully saturated rings. The molecule has 3 heterocycles. The lowest BCUT2D eigenvalue weighted by Crippen LogP contribution is -2.43. The van der Waals surface area contributed by atoms with Gasteiger partial charge in [-0.15, -0.1) is 0 Å². The number of aromatic nitrogens is 3. The fraction of sp³-hybridized carbons (Fsp3) is 0.152. The number of hydrogen-bond acceptors (Lipinski definition) is 5. The molecule has 8 nitrogen and oxygen atoms in total. The summed E-state index contributed by atoms with van der Waals surface area (Å²) in [5.41, 5.74) is 5.46. The summed E-state index contributed by atoms with van der Waals surface area (Å²) in [7, 11) is 0. The Balaban J connectivity index is 1.28. The van der Waals surface area contributed by atoms with Crippen LogP contribution in [0.4, 0.5) is 16.4 Å². The molecule has 0 spiro atoms. The molecule has 3 aromatic carbocycles. The fourth-order valence-corrected chi connectivity index (χ4v) is 5.63. The lowest BCUT2D eigenvalue weighted by Gasteiger charge is -2.29. The first-order chi connectivity index (χ1) is 21.0. The number of para-hydroxylation sites is 1. The standard InChI is InChI=1S/C33H28Cl2N6O2/c34-25-12-13-30(28(35)18-25)39-33(43)40-16-14-29-27(21-40)31(42)41(26-10-2-1-3-11-26)32(38-29)37-20-24-9-5-4-8-23(24)17-22-7-6-15-36-19-22/h1-13,15,18-19H,14,16-17,20-21H2,(H,37,38)(H,39,43). The van der Waals surface area contributed by atoms with Crippen LogP contribution < -0.4 is 16.2 Å². The summed E-state index contributed by atoms with van der Waals surface area (Å²) in [5, 5.41) is 7.08. The summed E-state index contributed by atoms with van der Waals surface area (Å²) in [6.07, 6.45) is 4.82. The largest absolute Gasteiger partial charge is 0.351 e. The second-order valence-electron chi connectivity index (χ2n) is 10.2. The second kappa shape index (κ2) is 12.7. The molecule has 0 unspecified atom stereocenters. The van der Waals surface area contributed by atoms with Gasteiger partial charge in [-0.2, -0.15) is 0 Å². The van der Waals surface area contributed by atoms with Crippen LogP contribution in [0.25, 0.3) is 5.69 Å². The van der Waals surface area contributed by atoms with Gasteiger partial charge < -0.3 is 15.5 Å². The Morgan fingerprint density at radius 1 is 0.930 bits per heavy atom. The fourth-order valence-electron chi connectivity index (χ4n) is 5.17. The SMILES string of the molecule is O=C(Nc1ccc(Cl)cc1Cl)N1CCc2nc(NCc3ccccc3Cc3cccnc3)n(-c3ccccc3)c(=O)c2C1. The predicted octanol–water partition coefficient (Wildman–Crippen LogP) is 6.73. The number of carbonyl (C=O) groups excluding carboxylic acids is 1. The number of amides is 2. The van der Waals surface area contributed by atoms with Gasteiger partial charge in [0.2, 0.25) is 5.95 Å². The van der Waals surface area contributed by atoms with E-state index in [0.717, 1.165) is 23.1 Å². The first-order valence-corrected chi connectivity index (χ1v) is 14.6. The number of halogens is 2. The normalized spacial score (nSPS) is 12.5. The van der Waals surface area contributed by atoms with Crippen LogP contribution in [0, 0.1) is 0 Å². The van der Waals surface area contributed by atoms with Crippen molar-refractivity contribution in [1.82, 2.24) is 19.4 Å². The van der Waals surface area contributed by atoms with Crippen molar-refractivity contribution in [2.24, 2.45) is 0 Å². The maximum Gasteiger partial charge on any atom is 0.322 e. The van der Waals surface area contributed by atoms with E-state index in [9.17, 15) is 9.59 Å². The van der Waals surface area contributed by atoms with Crippen molar-refractivity contribution in [3.63, 3.8) is 0 Å². The summed E-state index contributed by atoms with van der Waals surface area (Å²) in [6.45, 7) is 1.00. The summed E-state index contributed by atoms with van der Waals surface area (Å²) < 4.78 is 1.58. The molecule has 0 saturated heterocycles. The van der Waals surface area contributed by atoms with Gasteiger partial charge in [0.25, 0.3) is 5.56 Å². The highest BCUT2D eigenvalue weighted by atomic mass is 35.5.